The molecular formula is C19H28N2O3S. The highest BCUT2D eigenvalue weighted by Crippen LogP contribution is 2.30. The first-order valence-electron chi connectivity index (χ1n) is 9.36. The summed E-state index contributed by atoms with van der Waals surface area (Å²) in [6, 6.07) is 6.60. The highest BCUT2D eigenvalue weighted by Gasteiger charge is 2.45. The second-order valence-corrected chi connectivity index (χ2v) is 9.07. The summed E-state index contributed by atoms with van der Waals surface area (Å²) >= 11 is 0. The van der Waals surface area contributed by atoms with Gasteiger partial charge >= 0.3 is 0 Å². The lowest BCUT2D eigenvalue weighted by Gasteiger charge is -2.40. The van der Waals surface area contributed by atoms with Crippen molar-refractivity contribution in [3.63, 3.8) is 0 Å². The van der Waals surface area contributed by atoms with Crippen molar-refractivity contribution in [3.05, 3.63) is 29.8 Å². The number of carbonyl (C=O) groups is 1. The lowest BCUT2D eigenvalue weighted by molar-refractivity contribution is -0.139. The van der Waals surface area contributed by atoms with Gasteiger partial charge in [0.25, 0.3) is 0 Å². The molecule has 0 N–H and O–H groups in total. The lowest BCUT2D eigenvalue weighted by atomic mass is 10.1. The van der Waals surface area contributed by atoms with E-state index in [0.29, 0.717) is 6.54 Å². The summed E-state index contributed by atoms with van der Waals surface area (Å²) in [4.78, 5) is 14.7. The van der Waals surface area contributed by atoms with Crippen LogP contribution in [-0.4, -0.2) is 48.7 Å². The van der Waals surface area contributed by atoms with Gasteiger partial charge in [0, 0.05) is 19.1 Å². The first-order valence-corrected chi connectivity index (χ1v) is 10.8. The van der Waals surface area contributed by atoms with Crippen LogP contribution in [0.25, 0.3) is 0 Å². The molecule has 2 heterocycles. The van der Waals surface area contributed by atoms with Crippen molar-refractivity contribution in [1.29, 1.82) is 0 Å². The van der Waals surface area contributed by atoms with Crippen LogP contribution in [0.5, 0.6) is 0 Å². The molecule has 0 spiro atoms. The zero-order valence-electron chi connectivity index (χ0n) is 15.1. The summed E-state index contributed by atoms with van der Waals surface area (Å²) in [5, 5.41) is 0. The topological polar surface area (TPSA) is 57.7 Å². The van der Waals surface area contributed by atoms with Crippen molar-refractivity contribution in [2.24, 2.45) is 0 Å². The van der Waals surface area contributed by atoms with Gasteiger partial charge in [-0.1, -0.05) is 31.9 Å². The zero-order chi connectivity index (χ0) is 18.0. The number of fused-ring (bicyclic) bond motifs is 1. The van der Waals surface area contributed by atoms with Gasteiger partial charge < -0.3 is 4.90 Å². The minimum atomic E-state index is -3.64. The van der Waals surface area contributed by atoms with Gasteiger partial charge in [-0.15, -0.1) is 0 Å². The van der Waals surface area contributed by atoms with Gasteiger partial charge in [0.1, 0.15) is 6.04 Å². The van der Waals surface area contributed by atoms with E-state index in [9.17, 15) is 13.2 Å². The number of sulfonamides is 1. The van der Waals surface area contributed by atoms with Gasteiger partial charge in [-0.25, -0.2) is 8.42 Å². The Morgan fingerprint density at radius 3 is 2.56 bits per heavy atom. The van der Waals surface area contributed by atoms with Crippen molar-refractivity contribution >= 4 is 15.9 Å². The lowest BCUT2D eigenvalue weighted by Crippen LogP contribution is -2.59. The summed E-state index contributed by atoms with van der Waals surface area (Å²) in [5.41, 5.74) is 1.16. The Balaban J connectivity index is 1.77. The van der Waals surface area contributed by atoms with E-state index in [2.05, 4.69) is 6.92 Å². The molecule has 138 valence electrons. The quantitative estimate of drug-likeness (QED) is 0.729. The fraction of sp³-hybridized carbons (Fsp3) is 0.632. The van der Waals surface area contributed by atoms with Crippen molar-refractivity contribution in [3.8, 4) is 0 Å². The summed E-state index contributed by atoms with van der Waals surface area (Å²) < 4.78 is 27.5. The number of unbranched alkanes of at least 4 members (excludes halogenated alkanes) is 2. The normalized spacial score (nSPS) is 24.6. The van der Waals surface area contributed by atoms with E-state index in [1.807, 2.05) is 17.0 Å². The van der Waals surface area contributed by atoms with E-state index in [1.165, 1.54) is 17.1 Å². The minimum absolute atomic E-state index is 0.0341. The summed E-state index contributed by atoms with van der Waals surface area (Å²) in [7, 11) is -3.64. The van der Waals surface area contributed by atoms with Gasteiger partial charge in [-0.2, -0.15) is 4.31 Å². The maximum Gasteiger partial charge on any atom is 0.243 e. The summed E-state index contributed by atoms with van der Waals surface area (Å²) in [6.07, 6.45) is 6.31. The van der Waals surface area contributed by atoms with Gasteiger partial charge in [0.05, 0.1) is 4.90 Å². The molecule has 2 fully saturated rings. The first-order chi connectivity index (χ1) is 11.9. The van der Waals surface area contributed by atoms with Crippen molar-refractivity contribution in [1.82, 2.24) is 9.21 Å². The number of piperazine rings is 1. The Hall–Kier alpha value is -1.40. The fourth-order valence-corrected chi connectivity index (χ4v) is 5.52. The molecule has 0 aliphatic carbocycles. The molecule has 2 atom stereocenters. The summed E-state index contributed by atoms with van der Waals surface area (Å²) in [5.74, 6) is -0.0616. The van der Waals surface area contributed by atoms with Gasteiger partial charge in [-0.3, -0.25) is 4.79 Å². The maximum absolute atomic E-state index is 13.1. The molecular weight excluding hydrogens is 336 g/mol. The molecule has 6 heteroatoms. The number of hydrogen-bond donors (Lipinski definition) is 0. The highest BCUT2D eigenvalue weighted by molar-refractivity contribution is 7.89. The van der Waals surface area contributed by atoms with Crippen LogP contribution in [0.1, 0.15) is 51.5 Å². The molecule has 0 saturated carbocycles. The minimum Gasteiger partial charge on any atom is -0.337 e. The van der Waals surface area contributed by atoms with E-state index < -0.39 is 16.1 Å². The number of nitrogens with zero attached hydrogens (tertiary/aromatic N) is 2. The van der Waals surface area contributed by atoms with Gasteiger partial charge in [0.15, 0.2) is 0 Å². The SMILES string of the molecule is CCCCCc1ccc(S(=O)(=O)N2CC3CCCN3C(=O)C2C)cc1. The smallest absolute Gasteiger partial charge is 0.243 e. The zero-order valence-corrected chi connectivity index (χ0v) is 16.0. The molecule has 1 aromatic rings. The predicted octanol–water partition coefficient (Wildman–Crippen LogP) is 2.80. The molecule has 25 heavy (non-hydrogen) atoms. The highest BCUT2D eigenvalue weighted by atomic mass is 32.2. The van der Waals surface area contributed by atoms with Crippen LogP contribution in [0.15, 0.2) is 29.2 Å². The second-order valence-electron chi connectivity index (χ2n) is 7.18. The van der Waals surface area contributed by atoms with Crippen LogP contribution >= 0.6 is 0 Å². The number of aryl methyl sites for hydroxylation is 1. The Morgan fingerprint density at radius 2 is 1.88 bits per heavy atom. The number of hydrogen-bond acceptors (Lipinski definition) is 3. The molecule has 5 nitrogen and oxygen atoms in total. The molecule has 2 aliphatic rings. The monoisotopic (exact) mass is 364 g/mol. The standard InChI is InChI=1S/C19H28N2O3S/c1-3-4-5-7-16-9-11-18(12-10-16)25(23,24)21-14-17-8-6-13-20(17)19(22)15(21)2/h9-12,15,17H,3-8,13-14H2,1-2H3. The second kappa shape index (κ2) is 7.46. The molecule has 0 aromatic heterocycles. The van der Waals surface area contributed by atoms with E-state index in [1.54, 1.807) is 19.1 Å². The Kier molecular flexibility index (Phi) is 5.49. The largest absolute Gasteiger partial charge is 0.337 e. The summed E-state index contributed by atoms with van der Waals surface area (Å²) in [6.45, 7) is 5.04. The number of benzene rings is 1. The fourth-order valence-electron chi connectivity index (χ4n) is 3.89. The van der Waals surface area contributed by atoms with E-state index in [-0.39, 0.29) is 16.8 Å². The first kappa shape index (κ1) is 18.4. The van der Waals surface area contributed by atoms with E-state index in [4.69, 9.17) is 0 Å². The van der Waals surface area contributed by atoms with E-state index >= 15 is 0 Å². The Bertz CT molecular complexity index is 715. The third-order valence-corrected chi connectivity index (χ3v) is 7.39. The van der Waals surface area contributed by atoms with Crippen LogP contribution in [0.3, 0.4) is 0 Å². The third kappa shape index (κ3) is 3.60. The molecule has 2 aliphatic heterocycles. The molecule has 3 rings (SSSR count). The van der Waals surface area contributed by atoms with Crippen LogP contribution in [0, 0.1) is 0 Å². The average molecular weight is 365 g/mol. The van der Waals surface area contributed by atoms with Crippen molar-refractivity contribution in [2.45, 2.75) is 69.4 Å². The van der Waals surface area contributed by atoms with Gasteiger partial charge in [-0.05, 0) is 50.3 Å². The van der Waals surface area contributed by atoms with Crippen molar-refractivity contribution < 1.29 is 13.2 Å². The number of amides is 1. The molecule has 0 radical (unpaired) electrons. The number of carbonyl (C=O) groups excluding carboxylic acids is 1. The van der Waals surface area contributed by atoms with Crippen LogP contribution in [0.4, 0.5) is 0 Å². The Morgan fingerprint density at radius 1 is 1.16 bits per heavy atom. The molecule has 2 saturated heterocycles. The van der Waals surface area contributed by atoms with Crippen LogP contribution in [-0.2, 0) is 21.2 Å². The van der Waals surface area contributed by atoms with Crippen LogP contribution in [0.2, 0.25) is 0 Å². The van der Waals surface area contributed by atoms with Crippen molar-refractivity contribution in [2.75, 3.05) is 13.1 Å². The molecule has 1 aromatic carbocycles. The predicted molar refractivity (Wildman–Crippen MR) is 97.8 cm³/mol. The molecule has 0 bridgehead atoms. The third-order valence-electron chi connectivity index (χ3n) is 5.44. The molecule has 1 amide bonds. The van der Waals surface area contributed by atoms with Gasteiger partial charge in [0.2, 0.25) is 15.9 Å². The average Bonchev–Trinajstić information content (AvgIpc) is 3.07. The maximum atomic E-state index is 13.1. The number of rotatable bonds is 6. The van der Waals surface area contributed by atoms with E-state index in [0.717, 1.165) is 37.8 Å². The Labute approximate surface area is 151 Å². The van der Waals surface area contributed by atoms with Crippen LogP contribution < -0.4 is 0 Å². The molecule has 2 unspecified atom stereocenters.